The first-order valence-electron chi connectivity index (χ1n) is 11.5. The summed E-state index contributed by atoms with van der Waals surface area (Å²) < 4.78 is 22.9. The molecule has 1 aliphatic carbocycles. The van der Waals surface area contributed by atoms with E-state index in [2.05, 4.69) is 36.1 Å². The minimum absolute atomic E-state index is 0.0387. The highest BCUT2D eigenvalue weighted by Crippen LogP contribution is 2.38. The topological polar surface area (TPSA) is 96.6 Å². The number of pyridine rings is 1. The Labute approximate surface area is 203 Å². The zero-order valence-corrected chi connectivity index (χ0v) is 20.0. The Balaban J connectivity index is 1.25. The molecule has 4 aliphatic rings. The molecule has 5 heterocycles. The van der Waals surface area contributed by atoms with Crippen LogP contribution in [0.25, 0.3) is 11.0 Å². The van der Waals surface area contributed by atoms with Gasteiger partial charge in [0.05, 0.1) is 16.2 Å². The molecule has 2 bridgehead atoms. The normalized spacial score (nSPS) is 22.5. The Hall–Kier alpha value is -2.79. The highest BCUT2D eigenvalue weighted by molar-refractivity contribution is 9.10. The van der Waals surface area contributed by atoms with Crippen LogP contribution in [-0.2, 0) is 13.1 Å². The third-order valence-corrected chi connectivity index (χ3v) is 7.85. The molecule has 9 nitrogen and oxygen atoms in total. The Bertz CT molecular complexity index is 1260. The molecular weight excluding hydrogens is 507 g/mol. The highest BCUT2D eigenvalue weighted by atomic mass is 79.9. The van der Waals surface area contributed by atoms with E-state index in [4.69, 9.17) is 4.74 Å². The van der Waals surface area contributed by atoms with Gasteiger partial charge in [0.1, 0.15) is 17.1 Å². The van der Waals surface area contributed by atoms with Gasteiger partial charge in [-0.1, -0.05) is 5.21 Å². The largest absolute Gasteiger partial charge is 0.465 e. The van der Waals surface area contributed by atoms with Gasteiger partial charge < -0.3 is 14.7 Å². The molecule has 178 valence electrons. The molecule has 2 unspecified atom stereocenters. The fraction of sp³-hybridized carbons (Fsp3) is 0.478. The number of fused-ring (bicyclic) bond motifs is 4. The van der Waals surface area contributed by atoms with Crippen molar-refractivity contribution < 1.29 is 19.0 Å². The smallest absolute Gasteiger partial charge is 0.407 e. The van der Waals surface area contributed by atoms with Crippen LogP contribution in [-0.4, -0.2) is 66.2 Å². The molecule has 1 aromatic carbocycles. The maximum absolute atomic E-state index is 14.1. The van der Waals surface area contributed by atoms with Crippen LogP contribution in [0.15, 0.2) is 28.9 Å². The van der Waals surface area contributed by atoms with E-state index in [1.165, 1.54) is 23.8 Å². The summed E-state index contributed by atoms with van der Waals surface area (Å²) in [6.07, 6.45) is 4.51. The van der Waals surface area contributed by atoms with Crippen LogP contribution in [0.1, 0.15) is 31.2 Å². The molecule has 7 rings (SSSR count). The average Bonchev–Trinajstić information content (AvgIpc) is 3.55. The fourth-order valence-electron chi connectivity index (χ4n) is 5.09. The number of piperidine rings is 2. The molecule has 11 heteroatoms. The SMILES string of the molecule is O=C(O)N1CC2CCC1CN2Cc1cc(F)cnc1Oc1ccc2c(nnn2CC2CC2)c1Br. The summed E-state index contributed by atoms with van der Waals surface area (Å²) in [6, 6.07) is 5.29. The van der Waals surface area contributed by atoms with E-state index < -0.39 is 11.9 Å². The van der Waals surface area contributed by atoms with Crippen LogP contribution in [0, 0.1) is 11.7 Å². The molecule has 1 amide bonds. The lowest BCUT2D eigenvalue weighted by molar-refractivity contribution is -0.0155. The second-order valence-corrected chi connectivity index (χ2v) is 10.2. The molecule has 2 aromatic heterocycles. The van der Waals surface area contributed by atoms with Crippen LogP contribution in [0.2, 0.25) is 0 Å². The summed E-state index contributed by atoms with van der Waals surface area (Å²) in [7, 11) is 0. The molecule has 34 heavy (non-hydrogen) atoms. The monoisotopic (exact) mass is 530 g/mol. The van der Waals surface area contributed by atoms with Crippen molar-refractivity contribution in [1.29, 1.82) is 0 Å². The number of aromatic nitrogens is 4. The van der Waals surface area contributed by atoms with Crippen LogP contribution < -0.4 is 4.74 Å². The lowest BCUT2D eigenvalue weighted by atomic mass is 9.91. The van der Waals surface area contributed by atoms with Crippen molar-refractivity contribution in [3.05, 3.63) is 40.2 Å². The van der Waals surface area contributed by atoms with Crippen LogP contribution in [0.3, 0.4) is 0 Å². The van der Waals surface area contributed by atoms with Crippen molar-refractivity contribution >= 4 is 33.1 Å². The third kappa shape index (κ3) is 4.00. The van der Waals surface area contributed by atoms with E-state index in [0.29, 0.717) is 52.7 Å². The number of piperazine rings is 1. The van der Waals surface area contributed by atoms with Crippen LogP contribution in [0.5, 0.6) is 11.6 Å². The standard InChI is InChI=1S/C23H24BrFN6O3/c24-20-19(6-5-18-21(20)27-28-31(18)9-13-1-2-13)34-22-14(7-15(25)8-26-22)10-29-11-17-4-3-16(29)12-30(17)23(32)33/h5-8,13,16-17H,1-4,9-12H2,(H,32,33). The van der Waals surface area contributed by atoms with Gasteiger partial charge in [-0.3, -0.25) is 4.90 Å². The summed E-state index contributed by atoms with van der Waals surface area (Å²) in [6.45, 7) is 2.39. The minimum Gasteiger partial charge on any atom is -0.465 e. The number of benzene rings is 1. The van der Waals surface area contributed by atoms with Crippen molar-refractivity contribution in [2.24, 2.45) is 5.92 Å². The lowest BCUT2D eigenvalue weighted by Gasteiger charge is -2.50. The number of nitrogens with zero attached hydrogens (tertiary/aromatic N) is 6. The molecule has 0 radical (unpaired) electrons. The molecule has 3 aliphatic heterocycles. The molecule has 4 fully saturated rings. The second kappa shape index (κ2) is 8.46. The van der Waals surface area contributed by atoms with Gasteiger partial charge in [0, 0.05) is 43.8 Å². The molecule has 3 saturated heterocycles. The molecule has 2 atom stereocenters. The Kier molecular flexibility index (Phi) is 5.40. The maximum atomic E-state index is 14.1. The third-order valence-electron chi connectivity index (χ3n) is 7.08. The van der Waals surface area contributed by atoms with Gasteiger partial charge in [-0.15, -0.1) is 5.10 Å². The number of hydrogen-bond donors (Lipinski definition) is 1. The first-order chi connectivity index (χ1) is 16.5. The van der Waals surface area contributed by atoms with E-state index in [1.54, 1.807) is 0 Å². The number of carboxylic acid groups (broad SMARTS) is 1. The van der Waals surface area contributed by atoms with E-state index in [9.17, 15) is 14.3 Å². The summed E-state index contributed by atoms with van der Waals surface area (Å²) in [5, 5.41) is 18.1. The molecular formula is C23H24BrFN6O3. The van der Waals surface area contributed by atoms with Gasteiger partial charge in [0.25, 0.3) is 0 Å². The van der Waals surface area contributed by atoms with Gasteiger partial charge in [-0.2, -0.15) is 0 Å². The van der Waals surface area contributed by atoms with Crippen molar-refractivity contribution in [1.82, 2.24) is 29.8 Å². The average molecular weight is 531 g/mol. The predicted octanol–water partition coefficient (Wildman–Crippen LogP) is 4.26. The number of hydrogen-bond acceptors (Lipinski definition) is 6. The fourth-order valence-corrected chi connectivity index (χ4v) is 5.58. The molecule has 1 saturated carbocycles. The summed E-state index contributed by atoms with van der Waals surface area (Å²) >= 11 is 3.60. The molecule has 3 aromatic rings. The summed E-state index contributed by atoms with van der Waals surface area (Å²) in [5.74, 6) is 1.10. The first kappa shape index (κ1) is 21.7. The second-order valence-electron chi connectivity index (χ2n) is 9.43. The van der Waals surface area contributed by atoms with Crippen molar-refractivity contribution in [2.75, 3.05) is 13.1 Å². The van der Waals surface area contributed by atoms with Crippen LogP contribution >= 0.6 is 15.9 Å². The summed E-state index contributed by atoms with van der Waals surface area (Å²) in [4.78, 5) is 19.5. The lowest BCUT2D eigenvalue weighted by Crippen LogP contribution is -2.63. The molecule has 1 N–H and O–H groups in total. The van der Waals surface area contributed by atoms with E-state index in [1.807, 2.05) is 16.8 Å². The van der Waals surface area contributed by atoms with Gasteiger partial charge >= 0.3 is 6.09 Å². The van der Waals surface area contributed by atoms with Crippen molar-refractivity contribution in [2.45, 2.75) is 50.9 Å². The van der Waals surface area contributed by atoms with E-state index in [-0.39, 0.29) is 12.1 Å². The first-order valence-corrected chi connectivity index (χ1v) is 12.3. The number of amides is 1. The Morgan fingerprint density at radius 1 is 1.21 bits per heavy atom. The van der Waals surface area contributed by atoms with E-state index >= 15 is 0 Å². The van der Waals surface area contributed by atoms with E-state index in [0.717, 1.165) is 31.1 Å². The number of halogens is 2. The Morgan fingerprint density at radius 2 is 2.03 bits per heavy atom. The zero-order chi connectivity index (χ0) is 23.4. The predicted molar refractivity (Wildman–Crippen MR) is 124 cm³/mol. The van der Waals surface area contributed by atoms with Crippen LogP contribution in [0.4, 0.5) is 9.18 Å². The molecule has 0 spiro atoms. The van der Waals surface area contributed by atoms with Gasteiger partial charge in [0.15, 0.2) is 0 Å². The van der Waals surface area contributed by atoms with Gasteiger partial charge in [-0.05, 0) is 65.7 Å². The highest BCUT2D eigenvalue weighted by Gasteiger charge is 2.41. The quantitative estimate of drug-likeness (QED) is 0.508. The number of carbonyl (C=O) groups is 1. The van der Waals surface area contributed by atoms with Gasteiger partial charge in [-0.25, -0.2) is 18.9 Å². The van der Waals surface area contributed by atoms with Gasteiger partial charge in [0.2, 0.25) is 5.88 Å². The van der Waals surface area contributed by atoms with Crippen molar-refractivity contribution in [3.8, 4) is 11.6 Å². The summed E-state index contributed by atoms with van der Waals surface area (Å²) in [5.41, 5.74) is 2.27. The minimum atomic E-state index is -0.875. The Morgan fingerprint density at radius 3 is 2.76 bits per heavy atom. The zero-order valence-electron chi connectivity index (χ0n) is 18.4. The number of ether oxygens (including phenoxy) is 1. The van der Waals surface area contributed by atoms with Crippen molar-refractivity contribution in [3.63, 3.8) is 0 Å². The maximum Gasteiger partial charge on any atom is 0.407 e. The number of rotatable bonds is 6.